The van der Waals surface area contributed by atoms with E-state index in [1.54, 1.807) is 18.6 Å². The fourth-order valence-corrected chi connectivity index (χ4v) is 4.25. The molecule has 0 bridgehead atoms. The molecule has 0 N–H and O–H groups in total. The molecule has 3 rings (SSSR count). The van der Waals surface area contributed by atoms with E-state index < -0.39 is 10.0 Å². The predicted octanol–water partition coefficient (Wildman–Crippen LogP) is 1.85. The molecule has 2 aromatic rings. The SMILES string of the molecule is CCCn1nccc1-c1nccnc1[C@@H]1CCCN1S(C)(=O)=O. The number of hydrogen-bond donors (Lipinski definition) is 0. The quantitative estimate of drug-likeness (QED) is 0.833. The maximum absolute atomic E-state index is 12.0. The van der Waals surface area contributed by atoms with E-state index >= 15 is 0 Å². The highest BCUT2D eigenvalue weighted by molar-refractivity contribution is 7.88. The minimum atomic E-state index is -3.26. The summed E-state index contributed by atoms with van der Waals surface area (Å²) in [5.74, 6) is 0. The molecule has 0 saturated carbocycles. The van der Waals surface area contributed by atoms with Gasteiger partial charge < -0.3 is 0 Å². The second-order valence-corrected chi connectivity index (χ2v) is 7.70. The Balaban J connectivity index is 2.06. The molecular weight excluding hydrogens is 314 g/mol. The minimum Gasteiger partial charge on any atom is -0.263 e. The van der Waals surface area contributed by atoms with Gasteiger partial charge in [-0.15, -0.1) is 0 Å². The summed E-state index contributed by atoms with van der Waals surface area (Å²) in [7, 11) is -3.26. The summed E-state index contributed by atoms with van der Waals surface area (Å²) >= 11 is 0. The fraction of sp³-hybridized carbons (Fsp3) is 0.533. The number of nitrogens with zero attached hydrogens (tertiary/aromatic N) is 5. The molecular formula is C15H21N5O2S. The second kappa shape index (κ2) is 6.37. The lowest BCUT2D eigenvalue weighted by Crippen LogP contribution is -2.30. The Morgan fingerprint density at radius 3 is 2.78 bits per heavy atom. The second-order valence-electron chi connectivity index (χ2n) is 5.76. The van der Waals surface area contributed by atoms with Crippen LogP contribution in [0.15, 0.2) is 24.7 Å². The molecule has 3 heterocycles. The summed E-state index contributed by atoms with van der Waals surface area (Å²) in [6, 6.07) is 1.65. The van der Waals surface area contributed by atoms with E-state index in [4.69, 9.17) is 0 Å². The fourth-order valence-electron chi connectivity index (χ4n) is 3.12. The first-order chi connectivity index (χ1) is 11.0. The lowest BCUT2D eigenvalue weighted by molar-refractivity contribution is 0.394. The summed E-state index contributed by atoms with van der Waals surface area (Å²) in [5, 5.41) is 4.33. The Bertz CT molecular complexity index is 787. The van der Waals surface area contributed by atoms with Crippen LogP contribution in [-0.2, 0) is 16.6 Å². The molecule has 1 aliphatic rings. The highest BCUT2D eigenvalue weighted by atomic mass is 32.2. The van der Waals surface area contributed by atoms with Gasteiger partial charge in [0, 0.05) is 31.7 Å². The van der Waals surface area contributed by atoms with Crippen molar-refractivity contribution < 1.29 is 8.42 Å². The van der Waals surface area contributed by atoms with Crippen LogP contribution in [0.5, 0.6) is 0 Å². The summed E-state index contributed by atoms with van der Waals surface area (Å²) in [4.78, 5) is 8.95. The van der Waals surface area contributed by atoms with Gasteiger partial charge in [0.05, 0.1) is 23.7 Å². The standard InChI is InChI=1S/C15H21N5O2S/c1-3-10-19-12(6-7-18-19)14-15(17-9-8-16-14)13-5-4-11-20(13)23(2,21)22/h6-9,13H,3-5,10-11H2,1-2H3/t13-/m0/s1. The Kier molecular flexibility index (Phi) is 4.45. The highest BCUT2D eigenvalue weighted by Crippen LogP contribution is 2.36. The van der Waals surface area contributed by atoms with Crippen LogP contribution in [-0.4, -0.2) is 45.3 Å². The first kappa shape index (κ1) is 16.1. The summed E-state index contributed by atoms with van der Waals surface area (Å²) in [6.07, 6.45) is 8.82. The van der Waals surface area contributed by atoms with Crippen LogP contribution in [0.3, 0.4) is 0 Å². The normalized spacial score (nSPS) is 19.3. The molecule has 8 heteroatoms. The van der Waals surface area contributed by atoms with E-state index in [9.17, 15) is 8.42 Å². The number of aromatic nitrogens is 4. The number of hydrogen-bond acceptors (Lipinski definition) is 5. The molecule has 0 radical (unpaired) electrons. The van der Waals surface area contributed by atoms with Crippen LogP contribution >= 0.6 is 0 Å². The highest BCUT2D eigenvalue weighted by Gasteiger charge is 2.35. The molecule has 1 aliphatic heterocycles. The van der Waals surface area contributed by atoms with Gasteiger partial charge in [0.25, 0.3) is 0 Å². The smallest absolute Gasteiger partial charge is 0.211 e. The zero-order valence-electron chi connectivity index (χ0n) is 13.4. The molecule has 1 atom stereocenters. The molecule has 0 aromatic carbocycles. The maximum atomic E-state index is 12.0. The van der Waals surface area contributed by atoms with Crippen molar-refractivity contribution in [1.82, 2.24) is 24.1 Å². The van der Waals surface area contributed by atoms with E-state index in [2.05, 4.69) is 22.0 Å². The Hall–Kier alpha value is -1.80. The zero-order chi connectivity index (χ0) is 16.4. The summed E-state index contributed by atoms with van der Waals surface area (Å²) in [6.45, 7) is 3.41. The van der Waals surface area contributed by atoms with E-state index in [0.29, 0.717) is 12.2 Å². The largest absolute Gasteiger partial charge is 0.263 e. The van der Waals surface area contributed by atoms with Crippen molar-refractivity contribution >= 4 is 10.0 Å². The lowest BCUT2D eigenvalue weighted by Gasteiger charge is -2.23. The predicted molar refractivity (Wildman–Crippen MR) is 87.1 cm³/mol. The van der Waals surface area contributed by atoms with Gasteiger partial charge in [-0.1, -0.05) is 6.92 Å². The van der Waals surface area contributed by atoms with Crippen LogP contribution in [0.1, 0.15) is 37.9 Å². The van der Waals surface area contributed by atoms with E-state index in [1.807, 2.05) is 10.7 Å². The number of aryl methyl sites for hydroxylation is 1. The average Bonchev–Trinajstić information content (AvgIpc) is 3.16. The van der Waals surface area contributed by atoms with Gasteiger partial charge in [0.2, 0.25) is 10.0 Å². The molecule has 23 heavy (non-hydrogen) atoms. The van der Waals surface area contributed by atoms with Crippen molar-refractivity contribution in [3.63, 3.8) is 0 Å². The minimum absolute atomic E-state index is 0.251. The third-order valence-electron chi connectivity index (χ3n) is 4.07. The van der Waals surface area contributed by atoms with Crippen LogP contribution in [0.4, 0.5) is 0 Å². The Morgan fingerprint density at radius 2 is 2.04 bits per heavy atom. The van der Waals surface area contributed by atoms with Crippen molar-refractivity contribution in [3.05, 3.63) is 30.4 Å². The summed E-state index contributed by atoms with van der Waals surface area (Å²) in [5.41, 5.74) is 2.32. The van der Waals surface area contributed by atoms with Gasteiger partial charge in [-0.2, -0.15) is 9.40 Å². The molecule has 1 fully saturated rings. The van der Waals surface area contributed by atoms with E-state index in [-0.39, 0.29) is 6.04 Å². The molecule has 7 nitrogen and oxygen atoms in total. The van der Waals surface area contributed by atoms with Gasteiger partial charge >= 0.3 is 0 Å². The molecule has 124 valence electrons. The Morgan fingerprint density at radius 1 is 1.26 bits per heavy atom. The Labute approximate surface area is 136 Å². The molecule has 0 aliphatic carbocycles. The molecule has 0 amide bonds. The number of sulfonamides is 1. The molecule has 2 aromatic heterocycles. The van der Waals surface area contributed by atoms with E-state index in [0.717, 1.165) is 37.2 Å². The van der Waals surface area contributed by atoms with Gasteiger partial charge in [-0.3, -0.25) is 14.6 Å². The van der Waals surface area contributed by atoms with Crippen molar-refractivity contribution in [1.29, 1.82) is 0 Å². The third kappa shape index (κ3) is 3.13. The van der Waals surface area contributed by atoms with Crippen LogP contribution < -0.4 is 0 Å². The third-order valence-corrected chi connectivity index (χ3v) is 5.36. The van der Waals surface area contributed by atoms with Crippen LogP contribution in [0.25, 0.3) is 11.4 Å². The summed E-state index contributed by atoms with van der Waals surface area (Å²) < 4.78 is 27.5. The molecule has 0 spiro atoms. The van der Waals surface area contributed by atoms with Crippen molar-refractivity contribution in [3.8, 4) is 11.4 Å². The van der Waals surface area contributed by atoms with Gasteiger partial charge in [-0.25, -0.2) is 8.42 Å². The lowest BCUT2D eigenvalue weighted by atomic mass is 10.1. The van der Waals surface area contributed by atoms with E-state index in [1.165, 1.54) is 10.6 Å². The molecule has 1 saturated heterocycles. The van der Waals surface area contributed by atoms with Crippen molar-refractivity contribution in [2.45, 2.75) is 38.8 Å². The van der Waals surface area contributed by atoms with Gasteiger partial charge in [0.1, 0.15) is 5.69 Å². The van der Waals surface area contributed by atoms with Gasteiger partial charge in [-0.05, 0) is 25.3 Å². The monoisotopic (exact) mass is 335 g/mol. The first-order valence-corrected chi connectivity index (χ1v) is 9.67. The average molecular weight is 335 g/mol. The maximum Gasteiger partial charge on any atom is 0.211 e. The van der Waals surface area contributed by atoms with Crippen molar-refractivity contribution in [2.75, 3.05) is 12.8 Å². The number of rotatable bonds is 5. The van der Waals surface area contributed by atoms with Gasteiger partial charge in [0.15, 0.2) is 0 Å². The topological polar surface area (TPSA) is 81.0 Å². The first-order valence-electron chi connectivity index (χ1n) is 7.82. The van der Waals surface area contributed by atoms with Crippen LogP contribution in [0.2, 0.25) is 0 Å². The molecule has 0 unspecified atom stereocenters. The van der Waals surface area contributed by atoms with Crippen LogP contribution in [0, 0.1) is 0 Å². The van der Waals surface area contributed by atoms with Crippen molar-refractivity contribution in [2.24, 2.45) is 0 Å². The zero-order valence-corrected chi connectivity index (χ0v) is 14.2.